The lowest BCUT2D eigenvalue weighted by atomic mass is 10.2. The van der Waals surface area contributed by atoms with E-state index in [2.05, 4.69) is 36.7 Å². The fraction of sp³-hybridized carbons (Fsp3) is 0.714. The maximum atomic E-state index is 5.31. The summed E-state index contributed by atoms with van der Waals surface area (Å²) < 4.78 is 7.66. The normalized spacial score (nSPS) is 11.1. The molecule has 0 saturated heterocycles. The predicted molar refractivity (Wildman–Crippen MR) is 72.4 cm³/mol. The molecule has 0 aliphatic heterocycles. The first-order valence-corrected chi connectivity index (χ1v) is 6.64. The number of aromatic nitrogens is 1. The van der Waals surface area contributed by atoms with Crippen LogP contribution in [0.15, 0.2) is 6.07 Å². The highest BCUT2D eigenvalue weighted by molar-refractivity contribution is 5.26. The summed E-state index contributed by atoms with van der Waals surface area (Å²) >= 11 is 0. The van der Waals surface area contributed by atoms with E-state index in [1.54, 1.807) is 0 Å². The van der Waals surface area contributed by atoms with Gasteiger partial charge in [0.05, 0.1) is 0 Å². The fourth-order valence-electron chi connectivity index (χ4n) is 2.20. The molecule has 0 saturated carbocycles. The van der Waals surface area contributed by atoms with E-state index in [1.165, 1.54) is 17.0 Å². The zero-order valence-electron chi connectivity index (χ0n) is 11.7. The van der Waals surface area contributed by atoms with E-state index in [1.807, 2.05) is 6.92 Å². The molecule has 0 amide bonds. The minimum absolute atomic E-state index is 0.817. The topological polar surface area (TPSA) is 26.2 Å². The molecule has 17 heavy (non-hydrogen) atoms. The molecule has 3 nitrogen and oxygen atoms in total. The van der Waals surface area contributed by atoms with Crippen molar-refractivity contribution in [1.82, 2.24) is 9.88 Å². The molecule has 1 N–H and O–H groups in total. The van der Waals surface area contributed by atoms with Crippen LogP contribution in [0.25, 0.3) is 0 Å². The Bertz CT molecular complexity index is 331. The molecule has 98 valence electrons. The van der Waals surface area contributed by atoms with Crippen LogP contribution in [0.2, 0.25) is 0 Å². The van der Waals surface area contributed by atoms with Crippen molar-refractivity contribution in [2.45, 2.75) is 47.2 Å². The molecule has 0 bridgehead atoms. The van der Waals surface area contributed by atoms with Gasteiger partial charge in [0.1, 0.15) is 0 Å². The van der Waals surface area contributed by atoms with Crippen molar-refractivity contribution in [1.29, 1.82) is 0 Å². The minimum Gasteiger partial charge on any atom is -0.382 e. The molecule has 0 aliphatic carbocycles. The first-order chi connectivity index (χ1) is 8.20. The van der Waals surface area contributed by atoms with Crippen LogP contribution in [-0.2, 0) is 17.8 Å². The summed E-state index contributed by atoms with van der Waals surface area (Å²) in [5.41, 5.74) is 4.17. The number of nitrogens with zero attached hydrogens (tertiary/aromatic N) is 1. The minimum atomic E-state index is 0.817. The van der Waals surface area contributed by atoms with E-state index in [0.29, 0.717) is 0 Å². The molecular formula is C14H26N2O. The smallest absolute Gasteiger partial charge is 0.0477 e. The van der Waals surface area contributed by atoms with Crippen LogP contribution >= 0.6 is 0 Å². The average molecular weight is 238 g/mol. The second-order valence-corrected chi connectivity index (χ2v) is 4.37. The SMILES string of the molecule is CCOCCCNCc1cc(C)n(CC)c1C. The van der Waals surface area contributed by atoms with Crippen molar-refractivity contribution in [2.75, 3.05) is 19.8 Å². The van der Waals surface area contributed by atoms with Crippen LogP contribution in [0.5, 0.6) is 0 Å². The maximum Gasteiger partial charge on any atom is 0.0477 e. The molecule has 0 spiro atoms. The molecule has 0 atom stereocenters. The molecule has 0 aliphatic rings. The highest BCUT2D eigenvalue weighted by Crippen LogP contribution is 2.14. The number of ether oxygens (including phenoxy) is 1. The van der Waals surface area contributed by atoms with Gasteiger partial charge in [0.15, 0.2) is 0 Å². The third-order valence-electron chi connectivity index (χ3n) is 3.16. The number of hydrogen-bond acceptors (Lipinski definition) is 2. The Morgan fingerprint density at radius 1 is 1.29 bits per heavy atom. The van der Waals surface area contributed by atoms with Gasteiger partial charge in [-0.15, -0.1) is 0 Å². The summed E-state index contributed by atoms with van der Waals surface area (Å²) in [4.78, 5) is 0. The number of nitrogens with one attached hydrogen (secondary N) is 1. The number of aryl methyl sites for hydroxylation is 1. The third-order valence-corrected chi connectivity index (χ3v) is 3.16. The van der Waals surface area contributed by atoms with Gasteiger partial charge < -0.3 is 14.6 Å². The van der Waals surface area contributed by atoms with Gasteiger partial charge in [-0.1, -0.05) is 0 Å². The van der Waals surface area contributed by atoms with E-state index >= 15 is 0 Å². The molecule has 0 aromatic carbocycles. The van der Waals surface area contributed by atoms with Gasteiger partial charge >= 0.3 is 0 Å². The summed E-state index contributed by atoms with van der Waals surface area (Å²) in [7, 11) is 0. The summed E-state index contributed by atoms with van der Waals surface area (Å²) in [5.74, 6) is 0. The molecule has 1 aromatic heterocycles. The molecule has 3 heteroatoms. The lowest BCUT2D eigenvalue weighted by molar-refractivity contribution is 0.144. The fourth-order valence-corrected chi connectivity index (χ4v) is 2.20. The average Bonchev–Trinajstić information content (AvgIpc) is 2.58. The quantitative estimate of drug-likeness (QED) is 0.705. The van der Waals surface area contributed by atoms with Crippen molar-refractivity contribution in [3.05, 3.63) is 23.0 Å². The van der Waals surface area contributed by atoms with Crippen LogP contribution in [0.1, 0.15) is 37.2 Å². The highest BCUT2D eigenvalue weighted by atomic mass is 16.5. The van der Waals surface area contributed by atoms with Crippen molar-refractivity contribution >= 4 is 0 Å². The zero-order valence-corrected chi connectivity index (χ0v) is 11.7. The zero-order chi connectivity index (χ0) is 12.7. The Morgan fingerprint density at radius 3 is 2.65 bits per heavy atom. The first kappa shape index (κ1) is 14.3. The summed E-state index contributed by atoms with van der Waals surface area (Å²) in [6.45, 7) is 13.3. The van der Waals surface area contributed by atoms with Gasteiger partial charge in [-0.05, 0) is 52.3 Å². The summed E-state index contributed by atoms with van der Waals surface area (Å²) in [5, 5.41) is 3.47. The molecule has 0 radical (unpaired) electrons. The molecule has 1 rings (SSSR count). The van der Waals surface area contributed by atoms with E-state index in [4.69, 9.17) is 4.74 Å². The van der Waals surface area contributed by atoms with Crippen LogP contribution < -0.4 is 5.32 Å². The van der Waals surface area contributed by atoms with E-state index in [-0.39, 0.29) is 0 Å². The largest absolute Gasteiger partial charge is 0.382 e. The van der Waals surface area contributed by atoms with Crippen molar-refractivity contribution in [2.24, 2.45) is 0 Å². The van der Waals surface area contributed by atoms with E-state index in [0.717, 1.165) is 39.3 Å². The monoisotopic (exact) mass is 238 g/mol. The number of rotatable bonds is 8. The lowest BCUT2D eigenvalue weighted by Crippen LogP contribution is -2.16. The van der Waals surface area contributed by atoms with Gasteiger partial charge in [0, 0.05) is 37.7 Å². The Balaban J connectivity index is 2.32. The molecule has 0 fully saturated rings. The van der Waals surface area contributed by atoms with Crippen molar-refractivity contribution in [3.8, 4) is 0 Å². The Morgan fingerprint density at radius 2 is 2.06 bits per heavy atom. The standard InChI is InChI=1S/C14H26N2O/c1-5-16-12(3)10-14(13(16)4)11-15-8-7-9-17-6-2/h10,15H,5-9,11H2,1-4H3. The molecule has 0 unspecified atom stereocenters. The molecule has 1 heterocycles. The van der Waals surface area contributed by atoms with Gasteiger partial charge in [-0.2, -0.15) is 0 Å². The first-order valence-electron chi connectivity index (χ1n) is 6.64. The van der Waals surface area contributed by atoms with Crippen molar-refractivity contribution < 1.29 is 4.74 Å². The lowest BCUT2D eigenvalue weighted by Gasteiger charge is -2.07. The van der Waals surface area contributed by atoms with Crippen LogP contribution in [0.4, 0.5) is 0 Å². The van der Waals surface area contributed by atoms with E-state index in [9.17, 15) is 0 Å². The summed E-state index contributed by atoms with van der Waals surface area (Å²) in [6, 6.07) is 2.29. The van der Waals surface area contributed by atoms with Gasteiger partial charge in [0.2, 0.25) is 0 Å². The third kappa shape index (κ3) is 4.17. The maximum absolute atomic E-state index is 5.31. The second kappa shape index (κ2) is 7.51. The summed E-state index contributed by atoms with van der Waals surface area (Å²) in [6.07, 6.45) is 1.08. The van der Waals surface area contributed by atoms with Crippen LogP contribution in [0, 0.1) is 13.8 Å². The van der Waals surface area contributed by atoms with E-state index < -0.39 is 0 Å². The van der Waals surface area contributed by atoms with Crippen LogP contribution in [-0.4, -0.2) is 24.3 Å². The molecule has 1 aromatic rings. The van der Waals surface area contributed by atoms with Gasteiger partial charge in [0.25, 0.3) is 0 Å². The molecular weight excluding hydrogens is 212 g/mol. The Labute approximate surface area is 105 Å². The Hall–Kier alpha value is -0.800. The Kier molecular flexibility index (Phi) is 6.30. The van der Waals surface area contributed by atoms with Gasteiger partial charge in [-0.25, -0.2) is 0 Å². The number of hydrogen-bond donors (Lipinski definition) is 1. The predicted octanol–water partition coefficient (Wildman–Crippen LogP) is 2.64. The van der Waals surface area contributed by atoms with Crippen LogP contribution in [0.3, 0.4) is 0 Å². The van der Waals surface area contributed by atoms with Gasteiger partial charge in [-0.3, -0.25) is 0 Å². The highest BCUT2D eigenvalue weighted by Gasteiger charge is 2.06. The van der Waals surface area contributed by atoms with Crippen molar-refractivity contribution in [3.63, 3.8) is 0 Å². The second-order valence-electron chi connectivity index (χ2n) is 4.37.